The van der Waals surface area contributed by atoms with Gasteiger partial charge in [0.25, 0.3) is 5.91 Å². The lowest BCUT2D eigenvalue weighted by Gasteiger charge is -2.29. The molecule has 0 bridgehead atoms. The molecule has 0 unspecified atom stereocenters. The quantitative estimate of drug-likeness (QED) is 0.439. The number of para-hydroxylation sites is 1. The third kappa shape index (κ3) is 3.74. The Morgan fingerprint density at radius 3 is 2.72 bits per heavy atom. The molecule has 1 amide bonds. The number of fused-ring (bicyclic) bond motifs is 2. The van der Waals surface area contributed by atoms with Gasteiger partial charge in [-0.05, 0) is 42.2 Å². The van der Waals surface area contributed by atoms with Gasteiger partial charge in [-0.2, -0.15) is 0 Å². The minimum Gasteiger partial charge on any atom is -0.476 e. The number of carboxylic acid groups (broad SMARTS) is 1. The van der Waals surface area contributed by atoms with Gasteiger partial charge in [-0.15, -0.1) is 11.3 Å². The fourth-order valence-corrected chi connectivity index (χ4v) is 5.81. The zero-order valence-electron chi connectivity index (χ0n) is 17.3. The third-order valence-corrected chi connectivity index (χ3v) is 7.72. The summed E-state index contributed by atoms with van der Waals surface area (Å²) in [6.07, 6.45) is 1.39. The van der Waals surface area contributed by atoms with Gasteiger partial charge in [0.15, 0.2) is 16.0 Å². The predicted molar refractivity (Wildman–Crippen MR) is 127 cm³/mol. The molecular weight excluding hydrogens is 444 g/mol. The first-order chi connectivity index (χ1) is 15.5. The average Bonchev–Trinajstić information content (AvgIpc) is 3.42. The van der Waals surface area contributed by atoms with Crippen molar-refractivity contribution in [2.75, 3.05) is 16.8 Å². The molecule has 32 heavy (non-hydrogen) atoms. The number of hydrogen-bond donors (Lipinski definition) is 2. The molecule has 0 aliphatic carbocycles. The first-order valence-corrected chi connectivity index (χ1v) is 11.9. The van der Waals surface area contributed by atoms with Crippen molar-refractivity contribution >= 4 is 55.0 Å². The molecule has 162 valence electrons. The number of carboxylic acids is 1. The Kier molecular flexibility index (Phi) is 5.36. The summed E-state index contributed by atoms with van der Waals surface area (Å²) in [4.78, 5) is 36.4. The van der Waals surface area contributed by atoms with Crippen LogP contribution in [0.1, 0.15) is 43.8 Å². The van der Waals surface area contributed by atoms with Crippen LogP contribution in [0, 0.1) is 0 Å². The Labute approximate surface area is 192 Å². The molecule has 7 nitrogen and oxygen atoms in total. The van der Waals surface area contributed by atoms with Gasteiger partial charge in [-0.3, -0.25) is 10.1 Å². The van der Waals surface area contributed by atoms with Crippen LogP contribution in [0.4, 0.5) is 10.3 Å². The Balaban J connectivity index is 1.42. The van der Waals surface area contributed by atoms with Crippen LogP contribution < -0.4 is 10.2 Å². The van der Waals surface area contributed by atoms with Crippen LogP contribution in [0.2, 0.25) is 0 Å². The van der Waals surface area contributed by atoms with Crippen molar-refractivity contribution in [2.45, 2.75) is 26.3 Å². The molecule has 4 aromatic rings. The van der Waals surface area contributed by atoms with E-state index in [1.807, 2.05) is 49.4 Å². The van der Waals surface area contributed by atoms with Gasteiger partial charge in [0.2, 0.25) is 0 Å². The summed E-state index contributed by atoms with van der Waals surface area (Å²) in [5.41, 5.74) is 3.67. The molecule has 1 aliphatic heterocycles. The van der Waals surface area contributed by atoms with Gasteiger partial charge in [0.05, 0.1) is 10.2 Å². The monoisotopic (exact) mass is 464 g/mol. The highest BCUT2D eigenvalue weighted by Crippen LogP contribution is 2.33. The van der Waals surface area contributed by atoms with Crippen molar-refractivity contribution in [1.82, 2.24) is 9.97 Å². The van der Waals surface area contributed by atoms with Crippen LogP contribution in [0.25, 0.3) is 10.2 Å². The molecule has 5 rings (SSSR count). The zero-order valence-corrected chi connectivity index (χ0v) is 18.9. The minimum atomic E-state index is -1.00. The second kappa shape index (κ2) is 8.33. The van der Waals surface area contributed by atoms with E-state index in [0.717, 1.165) is 39.2 Å². The molecular formula is C23H20N4O3S2. The minimum absolute atomic E-state index is 0.125. The molecule has 0 saturated carbocycles. The largest absolute Gasteiger partial charge is 0.476 e. The summed E-state index contributed by atoms with van der Waals surface area (Å²) in [5, 5.41) is 13.6. The summed E-state index contributed by atoms with van der Waals surface area (Å²) in [7, 11) is 0. The standard InChI is InChI=1S/C23H20N4O3S2/c1-2-17-19(21(29)30)25-23(32-17)27-11-10-13-6-5-7-14(15(13)12-27)20(28)26-22-24-16-8-3-4-9-18(16)31-22/h3-9H,2,10-12H2,1H3,(H,29,30)(H,24,26,28). The Hall–Kier alpha value is -3.30. The van der Waals surface area contributed by atoms with Crippen LogP contribution in [0.3, 0.4) is 0 Å². The summed E-state index contributed by atoms with van der Waals surface area (Å²) >= 11 is 2.86. The van der Waals surface area contributed by atoms with E-state index in [1.165, 1.54) is 22.7 Å². The number of anilines is 2. The second-order valence-corrected chi connectivity index (χ2v) is 9.58. The number of carbonyl (C=O) groups is 2. The van der Waals surface area contributed by atoms with E-state index >= 15 is 0 Å². The molecule has 3 heterocycles. The fraction of sp³-hybridized carbons (Fsp3) is 0.217. The van der Waals surface area contributed by atoms with E-state index in [1.54, 1.807) is 0 Å². The fourth-order valence-electron chi connectivity index (χ4n) is 3.93. The Morgan fingerprint density at radius 1 is 1.12 bits per heavy atom. The van der Waals surface area contributed by atoms with E-state index in [-0.39, 0.29) is 11.6 Å². The Morgan fingerprint density at radius 2 is 1.97 bits per heavy atom. The number of benzene rings is 2. The van der Waals surface area contributed by atoms with Crippen LogP contribution in [-0.2, 0) is 19.4 Å². The maximum atomic E-state index is 13.1. The maximum absolute atomic E-state index is 13.1. The molecule has 2 aromatic heterocycles. The van der Waals surface area contributed by atoms with Crippen molar-refractivity contribution in [2.24, 2.45) is 0 Å². The number of aryl methyl sites for hydroxylation is 1. The molecule has 2 N–H and O–H groups in total. The van der Waals surface area contributed by atoms with Crippen LogP contribution in [-0.4, -0.2) is 33.5 Å². The van der Waals surface area contributed by atoms with E-state index in [0.29, 0.717) is 28.8 Å². The number of nitrogens with one attached hydrogen (secondary N) is 1. The maximum Gasteiger partial charge on any atom is 0.355 e. The molecule has 0 radical (unpaired) electrons. The summed E-state index contributed by atoms with van der Waals surface area (Å²) < 4.78 is 1.02. The summed E-state index contributed by atoms with van der Waals surface area (Å²) in [5.74, 6) is -1.19. The molecule has 2 aromatic carbocycles. The number of carbonyl (C=O) groups excluding carboxylic acids is 1. The van der Waals surface area contributed by atoms with Crippen LogP contribution >= 0.6 is 22.7 Å². The smallest absolute Gasteiger partial charge is 0.355 e. The third-order valence-electron chi connectivity index (χ3n) is 5.51. The number of nitrogens with zero attached hydrogens (tertiary/aromatic N) is 3. The number of aromatic carboxylic acids is 1. The summed E-state index contributed by atoms with van der Waals surface area (Å²) in [6.45, 7) is 3.17. The highest BCUT2D eigenvalue weighted by Gasteiger charge is 2.26. The van der Waals surface area contributed by atoms with E-state index in [9.17, 15) is 14.7 Å². The van der Waals surface area contributed by atoms with Crippen molar-refractivity contribution in [3.8, 4) is 0 Å². The van der Waals surface area contributed by atoms with E-state index in [4.69, 9.17) is 0 Å². The lowest BCUT2D eigenvalue weighted by molar-refractivity contribution is 0.0690. The molecule has 0 atom stereocenters. The van der Waals surface area contributed by atoms with Crippen LogP contribution in [0.15, 0.2) is 42.5 Å². The highest BCUT2D eigenvalue weighted by atomic mass is 32.1. The molecule has 1 aliphatic rings. The van der Waals surface area contributed by atoms with Crippen molar-refractivity contribution in [1.29, 1.82) is 0 Å². The molecule has 9 heteroatoms. The average molecular weight is 465 g/mol. The predicted octanol–water partition coefficient (Wildman–Crippen LogP) is 4.83. The Bertz CT molecular complexity index is 1310. The lowest BCUT2D eigenvalue weighted by atomic mass is 9.94. The van der Waals surface area contributed by atoms with Crippen LogP contribution in [0.5, 0.6) is 0 Å². The van der Waals surface area contributed by atoms with Gasteiger partial charge < -0.3 is 10.0 Å². The summed E-state index contributed by atoms with van der Waals surface area (Å²) in [6, 6.07) is 13.6. The molecule has 0 spiro atoms. The number of rotatable bonds is 5. The van der Waals surface area contributed by atoms with Gasteiger partial charge in [0, 0.05) is 23.5 Å². The first kappa shape index (κ1) is 20.6. The van der Waals surface area contributed by atoms with Crippen molar-refractivity contribution in [3.63, 3.8) is 0 Å². The van der Waals surface area contributed by atoms with E-state index in [2.05, 4.69) is 20.2 Å². The van der Waals surface area contributed by atoms with E-state index < -0.39 is 5.97 Å². The lowest BCUT2D eigenvalue weighted by Crippen LogP contribution is -2.32. The number of hydrogen-bond acceptors (Lipinski definition) is 7. The molecule has 0 fully saturated rings. The van der Waals surface area contributed by atoms with Gasteiger partial charge in [-0.1, -0.05) is 42.5 Å². The van der Waals surface area contributed by atoms with Gasteiger partial charge >= 0.3 is 5.97 Å². The van der Waals surface area contributed by atoms with Gasteiger partial charge in [-0.25, -0.2) is 14.8 Å². The normalized spacial score (nSPS) is 13.2. The second-order valence-electron chi connectivity index (χ2n) is 7.48. The SMILES string of the molecule is CCc1sc(N2CCc3cccc(C(=O)Nc4nc5ccccc5s4)c3C2)nc1C(=O)O. The number of aromatic nitrogens is 2. The number of amides is 1. The molecule has 0 saturated heterocycles. The van der Waals surface area contributed by atoms with Crippen molar-refractivity contribution in [3.05, 3.63) is 69.7 Å². The first-order valence-electron chi connectivity index (χ1n) is 10.3. The zero-order chi connectivity index (χ0) is 22.2. The topological polar surface area (TPSA) is 95.4 Å². The van der Waals surface area contributed by atoms with Gasteiger partial charge in [0.1, 0.15) is 0 Å². The highest BCUT2D eigenvalue weighted by molar-refractivity contribution is 7.22. The van der Waals surface area contributed by atoms with Crippen molar-refractivity contribution < 1.29 is 14.7 Å². The number of thiazole rings is 2.